The van der Waals surface area contributed by atoms with Gasteiger partial charge in [0.05, 0.1) is 89.1 Å². The number of H-pyrrole nitrogens is 5. The van der Waals surface area contributed by atoms with E-state index < -0.39 is 265 Å². The Kier molecular flexibility index (Phi) is 44.5. The second kappa shape index (κ2) is 53.6. The van der Waals surface area contributed by atoms with E-state index in [2.05, 4.69) is 72.1 Å². The maximum Gasteiger partial charge on any atom is 0.490 e. The molecule has 1 aliphatic heterocycles. The molecular formula is C76H114N14O50P10-4. The molecule has 5 aliphatic rings. The highest BCUT2D eigenvalue weighted by molar-refractivity contribution is 7.72. The number of amides is 1. The number of hydrogen-bond acceptors (Lipinski definition) is 46. The standard InChI is InChI=1S/C48H78N10O37P8.C28H40N4O13P2/c1-29-22-56(46(65)50-43(29)62)35-17-32(37(59)19-35)26-87-97(70,71)90-39-20-36(57-23-30(2)44(63)51-47(57)66)18-33(39)27-86-96(68,69)84-16-9-6-11-34-25-55(54-53-34)14-10-12-41(61)49-13-7-4-5-8-15-85-98(72,73)91-100(76,77)93-102(80,81)95-103(82,83)94-101(78,79)92-99(74,75)88-28-40-38(60)21-42(89-40)58-24-31(3)45(64)52-48(58)67;1-4-5-6-7-8-42-46(38,39)43-16-20-10-22(32-14-18(3)26(35)30-28(32)37)12-24(20)45-47(40,41)44-15-19-9-21(11-23(19)33)31-13-17(2)25(34)29-27(31)36/h22-25,32-33,35-40,42,59-60H,4-21,26-28H2,1-3H3,(H,49,61)(H,68,69)(H,70,71)(H,72,73)(H,74,75)(H,76,77)(H,78,79)(H,80,81)(H,82,83)(H,50,62,65)(H,51,63,66)(H,52,64,67);1,13-14,19-24,33H,5-12,15-16H2,2-3H3,(H,38,39)(H,40,41)(H,29,34,36)(H,30,35,37)/p-4/t32-,33-,35-,36-,37-,38+,39-,40+,42+;19-,20-,21-,22-,23-,24-/m11/s1. The number of aliphatic hydroxyl groups excluding tert-OH is 3. The van der Waals surface area contributed by atoms with Gasteiger partial charge in [0.25, 0.3) is 59.1 Å². The predicted molar refractivity (Wildman–Crippen MR) is 502 cm³/mol. The third-order valence-electron chi connectivity index (χ3n) is 24.1. The Morgan fingerprint density at radius 1 is 0.407 bits per heavy atom. The number of phosphoric ester groups is 6. The molecule has 10 unspecified atom stereocenters. The van der Waals surface area contributed by atoms with Gasteiger partial charge < -0.3 is 110 Å². The molecule has 842 valence electrons. The van der Waals surface area contributed by atoms with Crippen LogP contribution in [-0.4, -0.2) is 209 Å². The van der Waals surface area contributed by atoms with Crippen molar-refractivity contribution in [2.45, 2.75) is 243 Å². The van der Waals surface area contributed by atoms with Gasteiger partial charge in [0.15, 0.2) is 0 Å². The number of nitrogens with one attached hydrogen (secondary N) is 6. The number of rotatable bonds is 57. The fourth-order valence-electron chi connectivity index (χ4n) is 16.7. The Balaban J connectivity index is 0.000000405. The van der Waals surface area contributed by atoms with Gasteiger partial charge in [0.1, 0.15) is 12.3 Å². The molecule has 4 aliphatic carbocycles. The Hall–Kier alpha value is -7.29. The molecule has 0 radical (unpaired) electrons. The van der Waals surface area contributed by atoms with Crippen molar-refractivity contribution < 1.29 is 186 Å². The fourth-order valence-corrected chi connectivity index (χ4v) is 28.2. The van der Waals surface area contributed by atoms with Crippen molar-refractivity contribution in [2.75, 3.05) is 59.4 Å². The number of ether oxygens (including phenoxy) is 1. The Labute approximate surface area is 847 Å². The smallest absolute Gasteiger partial charge is 0.490 e. The second-order valence-electron chi connectivity index (χ2n) is 35.7. The monoisotopic (exact) mass is 2330 g/mol. The number of terminal acetylenes is 1. The number of nitrogens with zero attached hydrogens (tertiary/aromatic N) is 8. The van der Waals surface area contributed by atoms with Crippen molar-refractivity contribution in [2.24, 2.45) is 23.7 Å². The fraction of sp³-hybridized carbons (Fsp3) is 0.671. The number of carbonyl (C=O) groups is 1. The number of aromatic nitrogens is 13. The zero-order chi connectivity index (χ0) is 111. The van der Waals surface area contributed by atoms with Crippen LogP contribution in [0.15, 0.2) is 85.1 Å². The maximum absolute atomic E-state index is 13.3. The predicted octanol–water partition coefficient (Wildman–Crippen LogP) is 0.777. The van der Waals surface area contributed by atoms with Gasteiger partial charge in [-0.25, -0.2) is 51.4 Å². The maximum atomic E-state index is 13.3. The molecule has 15 N–H and O–H groups in total. The van der Waals surface area contributed by atoms with E-state index in [-0.39, 0.29) is 138 Å². The number of phosphoric acid groups is 10. The van der Waals surface area contributed by atoms with Gasteiger partial charge in [0.2, 0.25) is 5.91 Å². The summed E-state index contributed by atoms with van der Waals surface area (Å²) in [6.07, 6.45) is 7.83. The molecule has 11 rings (SSSR count). The van der Waals surface area contributed by atoms with Crippen LogP contribution in [0.5, 0.6) is 0 Å². The van der Waals surface area contributed by atoms with E-state index in [1.165, 1.54) is 82.4 Å². The van der Waals surface area contributed by atoms with Crippen molar-refractivity contribution in [3.63, 3.8) is 0 Å². The third kappa shape index (κ3) is 38.6. The molecule has 7 heterocycles. The zero-order valence-electron chi connectivity index (χ0n) is 80.4. The Morgan fingerprint density at radius 3 is 1.17 bits per heavy atom. The first-order valence-electron chi connectivity index (χ1n) is 46.1. The minimum absolute atomic E-state index is 0.0118. The first-order chi connectivity index (χ1) is 69.9. The number of unbranched alkanes of at least 4 members (excludes halogenated alkanes) is 6. The van der Waals surface area contributed by atoms with Crippen LogP contribution < -0.4 is 81.1 Å². The first kappa shape index (κ1) is 125. The van der Waals surface area contributed by atoms with E-state index >= 15 is 0 Å². The van der Waals surface area contributed by atoms with E-state index in [0.29, 0.717) is 62.6 Å². The van der Waals surface area contributed by atoms with E-state index in [4.69, 9.17) is 47.4 Å². The van der Waals surface area contributed by atoms with Crippen molar-refractivity contribution in [1.82, 2.24) is 68.1 Å². The number of hydrogen-bond donors (Lipinski definition) is 15. The number of aromatic amines is 5. The summed E-state index contributed by atoms with van der Waals surface area (Å²) in [6, 6.07) is -2.61. The van der Waals surface area contributed by atoms with Crippen molar-refractivity contribution in [1.29, 1.82) is 0 Å². The van der Waals surface area contributed by atoms with Gasteiger partial charge in [-0.15, -0.1) is 17.4 Å². The second-order valence-corrected chi connectivity index (χ2v) is 50.7. The average Bonchev–Trinajstić information content (AvgIpc) is 1.65. The minimum Gasteiger partial charge on any atom is -0.756 e. The van der Waals surface area contributed by atoms with Crippen LogP contribution in [0.2, 0.25) is 0 Å². The highest BCUT2D eigenvalue weighted by Crippen LogP contribution is 2.75. The van der Waals surface area contributed by atoms with Crippen LogP contribution in [0.25, 0.3) is 0 Å². The lowest BCUT2D eigenvalue weighted by Crippen LogP contribution is -2.33. The van der Waals surface area contributed by atoms with Crippen molar-refractivity contribution >= 4 is 84.1 Å². The van der Waals surface area contributed by atoms with Crippen LogP contribution in [0.4, 0.5) is 0 Å². The van der Waals surface area contributed by atoms with Crippen LogP contribution in [0.3, 0.4) is 0 Å². The molecule has 6 aromatic heterocycles. The Bertz CT molecular complexity index is 6950. The summed E-state index contributed by atoms with van der Waals surface area (Å²) in [5, 5.41) is 42.4. The first-order valence-corrected chi connectivity index (χ1v) is 60.9. The summed E-state index contributed by atoms with van der Waals surface area (Å²) in [6.45, 7) is 3.31. The SMILES string of the molecule is C#CCCCCOP(=O)([O-])OC[C@H]1C[C@@H](n2cc(C)c(=O)[nH]c2=O)C[C@H]1OP(=O)([O-])OC[C@H]1C[C@@H](n2cc(C)c(=O)[nH]c2=O)C[C@H]1O.Cc1cn([C@@H]2C[C@H](COP(=O)([O-])O[C@@H]3C[C@H](n4cc(C)c(=O)[nH]c4=O)C[C@@H]3COP(=O)([O-])OCCCCc3cn(CCCC(=O)NCCCCCCOP(=O)(O)OP(=O)(O)OP(=O)(O)OP(=O)(O)OP(=O)(O)OP(=O)(O)OC[C@@H]4O[C@H](n5cc(C)c(=O)[nH]c5=O)C[C@@H]4O)nn3)[C@H](O)C2)c(=O)[nH]c1=O. The number of aliphatic hydroxyl groups is 3. The van der Waals surface area contributed by atoms with Crippen LogP contribution in [0.1, 0.15) is 192 Å². The highest BCUT2D eigenvalue weighted by Gasteiger charge is 2.52. The van der Waals surface area contributed by atoms with Gasteiger partial charge in [0, 0.05) is 145 Å². The van der Waals surface area contributed by atoms with Crippen LogP contribution in [0, 0.1) is 70.6 Å². The van der Waals surface area contributed by atoms with Crippen LogP contribution in [-0.2, 0) is 135 Å². The number of aryl methyl sites for hydroxylation is 7. The van der Waals surface area contributed by atoms with Gasteiger partial charge in [-0.05, 0) is 137 Å². The van der Waals surface area contributed by atoms with Gasteiger partial charge >= 0.3 is 75.4 Å². The average molecular weight is 2330 g/mol. The topological polar surface area (TPSA) is 927 Å². The highest BCUT2D eigenvalue weighted by atomic mass is 31.3. The lowest BCUT2D eigenvalue weighted by atomic mass is 10.1. The molecule has 0 spiro atoms. The molecule has 0 aromatic carbocycles. The molecule has 5 fully saturated rings. The minimum atomic E-state index is -6.56. The van der Waals surface area contributed by atoms with Crippen molar-refractivity contribution in [3.8, 4) is 12.3 Å². The summed E-state index contributed by atoms with van der Waals surface area (Å²) in [5.41, 5.74) is -5.42. The lowest BCUT2D eigenvalue weighted by Gasteiger charge is -2.31. The summed E-state index contributed by atoms with van der Waals surface area (Å²) < 4.78 is 207. The van der Waals surface area contributed by atoms with Gasteiger partial charge in [-0.3, -0.25) is 109 Å². The van der Waals surface area contributed by atoms with E-state index in [0.717, 1.165) is 10.8 Å². The summed E-state index contributed by atoms with van der Waals surface area (Å²) in [5.74, 6) is -1.23. The quantitative estimate of drug-likeness (QED) is 0.0142. The number of carbonyl (C=O) groups excluding carboxylic acids is 1. The molecule has 6 aromatic rings. The molecular weight excluding hydrogens is 2220 g/mol. The molecule has 64 nitrogen and oxygen atoms in total. The largest absolute Gasteiger partial charge is 0.756 e. The van der Waals surface area contributed by atoms with E-state index in [1.54, 1.807) is 6.20 Å². The molecule has 25 atom stereocenters. The van der Waals surface area contributed by atoms with Gasteiger partial charge in [-0.2, -0.15) is 21.6 Å². The lowest BCUT2D eigenvalue weighted by molar-refractivity contribution is -0.236. The molecule has 1 saturated heterocycles. The van der Waals surface area contributed by atoms with E-state index in [1.807, 2.05) is 4.98 Å². The van der Waals surface area contributed by atoms with Crippen LogP contribution >= 0.6 is 78.2 Å². The van der Waals surface area contributed by atoms with Gasteiger partial charge in [-0.1, -0.05) is 18.1 Å². The Morgan fingerprint density at radius 2 is 0.753 bits per heavy atom. The summed E-state index contributed by atoms with van der Waals surface area (Å²) >= 11 is 0. The molecule has 0 bridgehead atoms. The van der Waals surface area contributed by atoms with E-state index in [9.17, 15) is 163 Å². The molecule has 1 amide bonds. The normalized spacial score (nSPS) is 25.9. The van der Waals surface area contributed by atoms with Crippen molar-refractivity contribution in [3.05, 3.63) is 175 Å². The summed E-state index contributed by atoms with van der Waals surface area (Å²) in [4.78, 5) is 255. The molecule has 150 heavy (non-hydrogen) atoms. The molecule has 74 heteroatoms. The third-order valence-corrected chi connectivity index (χ3v) is 37.3. The molecule has 4 saturated carbocycles. The summed E-state index contributed by atoms with van der Waals surface area (Å²) in [7, 11) is -57.5. The zero-order valence-corrected chi connectivity index (χ0v) is 89.4.